The minimum absolute atomic E-state index is 0.00867. The van der Waals surface area contributed by atoms with E-state index >= 15 is 0 Å². The topological polar surface area (TPSA) is 87.1 Å². The first-order valence-electron chi connectivity index (χ1n) is 11.2. The van der Waals surface area contributed by atoms with E-state index in [1.807, 2.05) is 46.1 Å². The van der Waals surface area contributed by atoms with Crippen molar-refractivity contribution in [2.45, 2.75) is 45.2 Å². The van der Waals surface area contributed by atoms with Gasteiger partial charge in [-0.1, -0.05) is 37.3 Å². The van der Waals surface area contributed by atoms with Crippen molar-refractivity contribution >= 4 is 11.8 Å². The Labute approximate surface area is 188 Å². The highest BCUT2D eigenvalue weighted by Gasteiger charge is 2.30. The van der Waals surface area contributed by atoms with Gasteiger partial charge in [-0.2, -0.15) is 10.2 Å². The second kappa shape index (κ2) is 9.80. The molecule has 1 aromatic carbocycles. The van der Waals surface area contributed by atoms with Gasteiger partial charge in [-0.3, -0.25) is 19.4 Å². The van der Waals surface area contributed by atoms with E-state index in [1.54, 1.807) is 24.3 Å². The van der Waals surface area contributed by atoms with Crippen molar-refractivity contribution in [3.63, 3.8) is 0 Å². The molecule has 1 N–H and O–H groups in total. The molecule has 0 bridgehead atoms. The van der Waals surface area contributed by atoms with Gasteiger partial charge in [0.1, 0.15) is 0 Å². The van der Waals surface area contributed by atoms with Gasteiger partial charge in [-0.25, -0.2) is 0 Å². The number of benzene rings is 1. The Bertz CT molecular complexity index is 1060. The van der Waals surface area contributed by atoms with Crippen LogP contribution in [0.5, 0.6) is 0 Å². The van der Waals surface area contributed by atoms with Gasteiger partial charge in [0.05, 0.1) is 29.2 Å². The number of hydrogen-bond donors (Lipinski definition) is 1. The lowest BCUT2D eigenvalue weighted by atomic mass is 9.92. The third kappa shape index (κ3) is 4.74. The molecule has 8 nitrogen and oxygen atoms in total. The number of nitrogens with one attached hydrogen (secondary N) is 1. The van der Waals surface area contributed by atoms with Gasteiger partial charge < -0.3 is 9.80 Å². The molecule has 1 unspecified atom stereocenters. The fourth-order valence-electron chi connectivity index (χ4n) is 4.32. The summed E-state index contributed by atoms with van der Waals surface area (Å²) in [5, 5.41) is 11.5. The molecule has 0 saturated carbocycles. The molecular formula is C24H30N6O2. The molecule has 1 fully saturated rings. The minimum atomic E-state index is -0.0677. The third-order valence-corrected chi connectivity index (χ3v) is 5.96. The Balaban J connectivity index is 1.45. The minimum Gasteiger partial charge on any atom is -0.338 e. The van der Waals surface area contributed by atoms with Crippen molar-refractivity contribution in [3.8, 4) is 0 Å². The van der Waals surface area contributed by atoms with Gasteiger partial charge in [0.2, 0.25) is 0 Å². The largest absolute Gasteiger partial charge is 0.338 e. The summed E-state index contributed by atoms with van der Waals surface area (Å²) in [6.07, 6.45) is 7.82. The smallest absolute Gasteiger partial charge is 0.257 e. The SMILES string of the molecule is CCCn1cc(C(=O)N2CCCC(c3[nH]ncc3C(=O)N(C)Cc3ccccc3)C2)cn1. The number of hydrogen-bond acceptors (Lipinski definition) is 4. The summed E-state index contributed by atoms with van der Waals surface area (Å²) in [5.41, 5.74) is 3.08. The highest BCUT2D eigenvalue weighted by molar-refractivity contribution is 5.95. The number of rotatable bonds is 7. The molecule has 0 spiro atoms. The molecule has 8 heteroatoms. The van der Waals surface area contributed by atoms with Crippen molar-refractivity contribution < 1.29 is 9.59 Å². The molecule has 0 radical (unpaired) electrons. The van der Waals surface area contributed by atoms with Crippen LogP contribution in [0.2, 0.25) is 0 Å². The Morgan fingerprint density at radius 3 is 2.81 bits per heavy atom. The van der Waals surface area contributed by atoms with Gasteiger partial charge in [-0.15, -0.1) is 0 Å². The van der Waals surface area contributed by atoms with Crippen LogP contribution in [0.4, 0.5) is 0 Å². The zero-order chi connectivity index (χ0) is 22.5. The normalized spacial score (nSPS) is 16.2. The molecule has 2 amide bonds. The first-order valence-corrected chi connectivity index (χ1v) is 11.2. The fourth-order valence-corrected chi connectivity index (χ4v) is 4.32. The quantitative estimate of drug-likeness (QED) is 0.618. The summed E-state index contributed by atoms with van der Waals surface area (Å²) in [4.78, 5) is 29.8. The standard InChI is InChI=1S/C24H30N6O2/c1-3-11-30-17-20(13-26-30)23(31)29-12-7-10-19(16-29)22-21(14-25-27-22)24(32)28(2)15-18-8-5-4-6-9-18/h4-6,8-9,13-14,17,19H,3,7,10-12,15-16H2,1-2H3,(H,25,27). The summed E-state index contributed by atoms with van der Waals surface area (Å²) < 4.78 is 1.81. The molecule has 0 aliphatic carbocycles. The summed E-state index contributed by atoms with van der Waals surface area (Å²) in [5.74, 6) is -0.0301. The van der Waals surface area contributed by atoms with Gasteiger partial charge in [0, 0.05) is 45.3 Å². The molecule has 1 atom stereocenters. The lowest BCUT2D eigenvalue weighted by Crippen LogP contribution is -2.39. The van der Waals surface area contributed by atoms with Crippen LogP contribution in [0.25, 0.3) is 0 Å². The molecule has 2 aromatic heterocycles. The number of carbonyl (C=O) groups excluding carboxylic acids is 2. The van der Waals surface area contributed by atoms with E-state index in [0.717, 1.165) is 37.1 Å². The summed E-state index contributed by atoms with van der Waals surface area (Å²) in [6.45, 7) is 4.68. The highest BCUT2D eigenvalue weighted by Crippen LogP contribution is 2.29. The van der Waals surface area contributed by atoms with Gasteiger partial charge >= 0.3 is 0 Å². The fraction of sp³-hybridized carbons (Fsp3) is 0.417. The first kappa shape index (κ1) is 21.8. The molecule has 3 aromatic rings. The van der Waals surface area contributed by atoms with E-state index in [1.165, 1.54) is 0 Å². The van der Waals surface area contributed by atoms with E-state index < -0.39 is 0 Å². The van der Waals surface area contributed by atoms with Crippen LogP contribution in [0.1, 0.15) is 64.1 Å². The van der Waals surface area contributed by atoms with E-state index in [0.29, 0.717) is 30.8 Å². The second-order valence-electron chi connectivity index (χ2n) is 8.43. The van der Waals surface area contributed by atoms with Crippen LogP contribution in [-0.2, 0) is 13.1 Å². The lowest BCUT2D eigenvalue weighted by Gasteiger charge is -2.32. The predicted octanol–water partition coefficient (Wildman–Crippen LogP) is 3.31. The predicted molar refractivity (Wildman–Crippen MR) is 121 cm³/mol. The monoisotopic (exact) mass is 434 g/mol. The van der Waals surface area contributed by atoms with Gasteiger partial charge in [-0.05, 0) is 24.8 Å². The molecular weight excluding hydrogens is 404 g/mol. The Kier molecular flexibility index (Phi) is 6.68. The maximum atomic E-state index is 13.1. The number of aromatic nitrogens is 4. The average Bonchev–Trinajstić information content (AvgIpc) is 3.49. The molecule has 1 saturated heterocycles. The van der Waals surface area contributed by atoms with Crippen molar-refractivity contribution in [1.29, 1.82) is 0 Å². The maximum absolute atomic E-state index is 13.1. The maximum Gasteiger partial charge on any atom is 0.257 e. The summed E-state index contributed by atoms with van der Waals surface area (Å²) >= 11 is 0. The number of carbonyl (C=O) groups is 2. The number of H-pyrrole nitrogens is 1. The Morgan fingerprint density at radius 1 is 1.22 bits per heavy atom. The molecule has 168 valence electrons. The van der Waals surface area contributed by atoms with E-state index in [-0.39, 0.29) is 17.7 Å². The second-order valence-corrected chi connectivity index (χ2v) is 8.43. The number of aryl methyl sites for hydroxylation is 1. The van der Waals surface area contributed by atoms with Crippen LogP contribution < -0.4 is 0 Å². The van der Waals surface area contributed by atoms with Gasteiger partial charge in [0.15, 0.2) is 0 Å². The number of aromatic amines is 1. The molecule has 32 heavy (non-hydrogen) atoms. The van der Waals surface area contributed by atoms with Crippen LogP contribution in [-0.4, -0.2) is 61.7 Å². The molecule has 4 rings (SSSR count). The van der Waals surface area contributed by atoms with E-state index in [9.17, 15) is 9.59 Å². The van der Waals surface area contributed by atoms with Crippen molar-refractivity contribution in [1.82, 2.24) is 29.8 Å². The molecule has 1 aliphatic rings. The zero-order valence-electron chi connectivity index (χ0n) is 18.7. The number of likely N-dealkylation sites (tertiary alicyclic amines) is 1. The number of piperidine rings is 1. The van der Waals surface area contributed by atoms with Crippen molar-refractivity contribution in [2.75, 3.05) is 20.1 Å². The zero-order valence-corrected chi connectivity index (χ0v) is 18.7. The van der Waals surface area contributed by atoms with Crippen LogP contribution in [0.15, 0.2) is 48.9 Å². The highest BCUT2D eigenvalue weighted by atomic mass is 16.2. The van der Waals surface area contributed by atoms with Crippen molar-refractivity contribution in [2.24, 2.45) is 0 Å². The van der Waals surface area contributed by atoms with Crippen LogP contribution in [0, 0.1) is 0 Å². The van der Waals surface area contributed by atoms with Crippen molar-refractivity contribution in [3.05, 3.63) is 71.3 Å². The van der Waals surface area contributed by atoms with Crippen LogP contribution >= 0.6 is 0 Å². The Hall–Kier alpha value is -3.42. The summed E-state index contributed by atoms with van der Waals surface area (Å²) in [6, 6.07) is 9.91. The molecule has 3 heterocycles. The number of nitrogens with zero attached hydrogens (tertiary/aromatic N) is 5. The van der Waals surface area contributed by atoms with Gasteiger partial charge in [0.25, 0.3) is 11.8 Å². The molecule has 1 aliphatic heterocycles. The summed E-state index contributed by atoms with van der Waals surface area (Å²) in [7, 11) is 1.80. The first-order chi connectivity index (χ1) is 15.6. The average molecular weight is 435 g/mol. The van der Waals surface area contributed by atoms with Crippen LogP contribution in [0.3, 0.4) is 0 Å². The lowest BCUT2D eigenvalue weighted by molar-refractivity contribution is 0.0705. The Morgan fingerprint density at radius 2 is 2.03 bits per heavy atom. The number of amides is 2. The van der Waals surface area contributed by atoms with E-state index in [2.05, 4.69) is 22.2 Å². The third-order valence-electron chi connectivity index (χ3n) is 5.96. The van der Waals surface area contributed by atoms with E-state index in [4.69, 9.17) is 0 Å².